The Morgan fingerprint density at radius 2 is 2.28 bits per heavy atom. The van der Waals surface area contributed by atoms with Gasteiger partial charge in [-0.1, -0.05) is 0 Å². The maximum Gasteiger partial charge on any atom is 0.265 e. The smallest absolute Gasteiger partial charge is 0.265 e. The van der Waals surface area contributed by atoms with Crippen molar-refractivity contribution in [1.29, 1.82) is 0 Å². The summed E-state index contributed by atoms with van der Waals surface area (Å²) in [5.74, 6) is 0.477. The van der Waals surface area contributed by atoms with Crippen LogP contribution in [0.3, 0.4) is 0 Å². The third-order valence-electron chi connectivity index (χ3n) is 4.83. The fraction of sp³-hybridized carbons (Fsp3) is 0.412. The number of fused-ring (bicyclic) bond motifs is 1. The van der Waals surface area contributed by atoms with Gasteiger partial charge < -0.3 is 13.9 Å². The van der Waals surface area contributed by atoms with Crippen LogP contribution in [0.15, 0.2) is 27.8 Å². The van der Waals surface area contributed by atoms with Crippen molar-refractivity contribution in [3.63, 3.8) is 0 Å². The van der Waals surface area contributed by atoms with E-state index in [0.29, 0.717) is 24.4 Å². The van der Waals surface area contributed by atoms with Gasteiger partial charge in [0.15, 0.2) is 0 Å². The number of aromatic nitrogens is 4. The Balaban J connectivity index is 1.71. The molecule has 3 aromatic rings. The highest BCUT2D eigenvalue weighted by Gasteiger charge is 2.30. The Morgan fingerprint density at radius 1 is 1.44 bits per heavy atom. The van der Waals surface area contributed by atoms with Crippen molar-refractivity contribution < 1.29 is 9.21 Å². The van der Waals surface area contributed by atoms with Gasteiger partial charge in [-0.3, -0.25) is 14.7 Å². The van der Waals surface area contributed by atoms with Crippen molar-refractivity contribution in [2.75, 3.05) is 13.1 Å². The number of rotatable bonds is 2. The van der Waals surface area contributed by atoms with Gasteiger partial charge in [-0.25, -0.2) is 4.98 Å². The van der Waals surface area contributed by atoms with Crippen LogP contribution in [-0.2, 0) is 7.05 Å². The first kappa shape index (κ1) is 15.6. The second kappa shape index (κ2) is 5.87. The van der Waals surface area contributed by atoms with Crippen molar-refractivity contribution in [3.8, 4) is 0 Å². The molecule has 130 valence electrons. The monoisotopic (exact) mass is 341 g/mol. The highest BCUT2D eigenvalue weighted by atomic mass is 16.3. The fourth-order valence-corrected chi connectivity index (χ4v) is 3.51. The molecule has 0 bridgehead atoms. The Labute approximate surface area is 143 Å². The predicted octanol–water partition coefficient (Wildman–Crippen LogP) is 1.58. The minimum Gasteiger partial charge on any atom is -0.442 e. The normalized spacial score (nSPS) is 18.0. The van der Waals surface area contributed by atoms with Gasteiger partial charge >= 0.3 is 0 Å². The van der Waals surface area contributed by atoms with Crippen molar-refractivity contribution in [2.24, 2.45) is 7.05 Å². The van der Waals surface area contributed by atoms with Gasteiger partial charge in [-0.2, -0.15) is 5.10 Å². The number of nitrogens with zero attached hydrogens (tertiary/aromatic N) is 4. The van der Waals surface area contributed by atoms with Crippen LogP contribution in [0, 0.1) is 6.92 Å². The molecule has 1 amide bonds. The lowest BCUT2D eigenvalue weighted by molar-refractivity contribution is 0.0705. The van der Waals surface area contributed by atoms with Crippen LogP contribution in [-0.4, -0.2) is 43.6 Å². The van der Waals surface area contributed by atoms with E-state index in [4.69, 9.17) is 4.42 Å². The molecular weight excluding hydrogens is 322 g/mol. The summed E-state index contributed by atoms with van der Waals surface area (Å²) in [6.07, 6.45) is 5.02. The maximum absolute atomic E-state index is 13.1. The van der Waals surface area contributed by atoms with Crippen LogP contribution in [0.2, 0.25) is 0 Å². The van der Waals surface area contributed by atoms with Crippen LogP contribution in [0.25, 0.3) is 11.1 Å². The fourth-order valence-electron chi connectivity index (χ4n) is 3.51. The van der Waals surface area contributed by atoms with Gasteiger partial charge in [0.25, 0.3) is 11.5 Å². The number of H-pyrrole nitrogens is 1. The first-order valence-corrected chi connectivity index (χ1v) is 8.29. The maximum atomic E-state index is 13.1. The second-order valence-corrected chi connectivity index (χ2v) is 6.48. The number of carbonyl (C=O) groups excluding carboxylic acids is 1. The number of piperidine rings is 1. The zero-order valence-corrected chi connectivity index (χ0v) is 14.2. The quantitative estimate of drug-likeness (QED) is 0.763. The van der Waals surface area contributed by atoms with Gasteiger partial charge in [0.05, 0.1) is 5.56 Å². The number of aryl methyl sites for hydroxylation is 2. The summed E-state index contributed by atoms with van der Waals surface area (Å²) in [6, 6.07) is 1.94. The predicted molar refractivity (Wildman–Crippen MR) is 90.5 cm³/mol. The average molecular weight is 341 g/mol. The van der Waals surface area contributed by atoms with Crippen molar-refractivity contribution >= 4 is 17.0 Å². The number of nitrogens with one attached hydrogen (secondary N) is 1. The standard InChI is InChI=1S/C17H19N5O3/c1-10-13(14-15(25-10)18-9-21(2)16(14)23)17(24)22-7-3-4-11(8-22)12-5-6-19-20-12/h5-6,9,11H,3-4,7-8H2,1-2H3,(H,19,20). The summed E-state index contributed by atoms with van der Waals surface area (Å²) < 4.78 is 6.92. The SMILES string of the molecule is Cc1oc2ncn(C)c(=O)c2c1C(=O)N1CCCC(c2ccn[nH]2)C1. The van der Waals surface area contributed by atoms with E-state index in [-0.39, 0.29) is 28.5 Å². The molecule has 8 heteroatoms. The molecule has 0 saturated carbocycles. The molecule has 1 N–H and O–H groups in total. The van der Waals surface area contributed by atoms with Crippen molar-refractivity contribution in [2.45, 2.75) is 25.7 Å². The largest absolute Gasteiger partial charge is 0.442 e. The molecule has 1 fully saturated rings. The van der Waals surface area contributed by atoms with E-state index < -0.39 is 0 Å². The number of hydrogen-bond acceptors (Lipinski definition) is 5. The highest BCUT2D eigenvalue weighted by Crippen LogP contribution is 2.28. The van der Waals surface area contributed by atoms with Crippen molar-refractivity contribution in [1.82, 2.24) is 24.6 Å². The van der Waals surface area contributed by atoms with Crippen LogP contribution in [0.1, 0.15) is 40.6 Å². The zero-order valence-electron chi connectivity index (χ0n) is 14.2. The molecule has 1 saturated heterocycles. The van der Waals surface area contributed by atoms with E-state index in [0.717, 1.165) is 18.5 Å². The van der Waals surface area contributed by atoms with E-state index in [1.807, 2.05) is 6.07 Å². The molecule has 1 atom stereocenters. The van der Waals surface area contributed by atoms with Crippen molar-refractivity contribution in [3.05, 3.63) is 46.0 Å². The summed E-state index contributed by atoms with van der Waals surface area (Å²) >= 11 is 0. The Bertz CT molecular complexity index is 986. The summed E-state index contributed by atoms with van der Waals surface area (Å²) in [4.78, 5) is 31.5. The highest BCUT2D eigenvalue weighted by molar-refractivity contribution is 6.06. The Morgan fingerprint density at radius 3 is 3.04 bits per heavy atom. The van der Waals surface area contributed by atoms with E-state index in [2.05, 4.69) is 15.2 Å². The minimum atomic E-state index is -0.271. The molecular formula is C17H19N5O3. The van der Waals surface area contributed by atoms with Crippen LogP contribution in [0.5, 0.6) is 0 Å². The molecule has 0 aliphatic carbocycles. The zero-order chi connectivity index (χ0) is 17.6. The molecule has 3 aromatic heterocycles. The summed E-state index contributed by atoms with van der Waals surface area (Å²) in [5.41, 5.74) is 1.30. The molecule has 1 unspecified atom stereocenters. The van der Waals surface area contributed by atoms with E-state index in [1.54, 1.807) is 25.1 Å². The molecule has 1 aliphatic heterocycles. The average Bonchev–Trinajstić information content (AvgIpc) is 3.25. The third kappa shape index (κ3) is 2.54. The summed E-state index contributed by atoms with van der Waals surface area (Å²) in [5, 5.41) is 7.25. The molecule has 0 spiro atoms. The van der Waals surface area contributed by atoms with E-state index in [1.165, 1.54) is 10.9 Å². The first-order valence-electron chi connectivity index (χ1n) is 8.29. The van der Waals surface area contributed by atoms with E-state index >= 15 is 0 Å². The molecule has 4 heterocycles. The minimum absolute atomic E-state index is 0.175. The summed E-state index contributed by atoms with van der Waals surface area (Å²) in [7, 11) is 1.61. The molecule has 25 heavy (non-hydrogen) atoms. The molecule has 1 aliphatic rings. The van der Waals surface area contributed by atoms with Gasteiger partial charge in [0.1, 0.15) is 17.5 Å². The van der Waals surface area contributed by atoms with Crippen LogP contribution < -0.4 is 5.56 Å². The number of carbonyl (C=O) groups is 1. The number of amides is 1. The number of hydrogen-bond donors (Lipinski definition) is 1. The topological polar surface area (TPSA) is 97.0 Å². The molecule has 0 aromatic carbocycles. The lowest BCUT2D eigenvalue weighted by Gasteiger charge is -2.32. The van der Waals surface area contributed by atoms with Gasteiger partial charge in [0, 0.05) is 37.9 Å². The Kier molecular flexibility index (Phi) is 3.67. The third-order valence-corrected chi connectivity index (χ3v) is 4.83. The lowest BCUT2D eigenvalue weighted by atomic mass is 9.94. The first-order chi connectivity index (χ1) is 12.1. The summed E-state index contributed by atoms with van der Waals surface area (Å²) in [6.45, 7) is 2.95. The molecule has 8 nitrogen and oxygen atoms in total. The molecule has 4 rings (SSSR count). The molecule has 0 radical (unpaired) electrons. The van der Waals surface area contributed by atoms with Gasteiger partial charge in [0.2, 0.25) is 5.71 Å². The lowest BCUT2D eigenvalue weighted by Crippen LogP contribution is -2.39. The Hall–Kier alpha value is -2.90. The number of aromatic amines is 1. The van der Waals surface area contributed by atoms with Crippen LogP contribution in [0.4, 0.5) is 0 Å². The van der Waals surface area contributed by atoms with Crippen LogP contribution >= 0.6 is 0 Å². The number of furan rings is 1. The van der Waals surface area contributed by atoms with Gasteiger partial charge in [-0.05, 0) is 25.8 Å². The number of likely N-dealkylation sites (tertiary alicyclic amines) is 1. The van der Waals surface area contributed by atoms with E-state index in [9.17, 15) is 9.59 Å². The van der Waals surface area contributed by atoms with Gasteiger partial charge in [-0.15, -0.1) is 0 Å². The second-order valence-electron chi connectivity index (χ2n) is 6.48.